The Labute approximate surface area is 106 Å². The predicted molar refractivity (Wildman–Crippen MR) is 71.3 cm³/mol. The minimum absolute atomic E-state index is 0.481. The Hall–Kier alpha value is -0.120. The number of nitrogens with one attached hydrogen (secondary N) is 1. The maximum Gasteiger partial charge on any atom is 0.0702 e. The quantitative estimate of drug-likeness (QED) is 0.817. The summed E-state index contributed by atoms with van der Waals surface area (Å²) in [6, 6.07) is 2.09. The maximum absolute atomic E-state index is 5.80. The zero-order chi connectivity index (χ0) is 12.3. The summed E-state index contributed by atoms with van der Waals surface area (Å²) in [5.41, 5.74) is 0. The van der Waals surface area contributed by atoms with Crippen LogP contribution in [0, 0.1) is 0 Å². The highest BCUT2D eigenvalue weighted by atomic mass is 16.5. The van der Waals surface area contributed by atoms with E-state index in [1.165, 1.54) is 32.2 Å². The Kier molecular flexibility index (Phi) is 4.83. The van der Waals surface area contributed by atoms with Gasteiger partial charge in [-0.25, -0.2) is 0 Å². The first-order chi connectivity index (χ1) is 8.19. The van der Waals surface area contributed by atoms with Crippen molar-refractivity contribution in [3.8, 4) is 0 Å². The molecule has 0 aromatic carbocycles. The van der Waals surface area contributed by atoms with Gasteiger partial charge < -0.3 is 10.1 Å². The van der Waals surface area contributed by atoms with Gasteiger partial charge in [-0.2, -0.15) is 0 Å². The molecule has 2 fully saturated rings. The van der Waals surface area contributed by atoms with Gasteiger partial charge >= 0.3 is 0 Å². The van der Waals surface area contributed by atoms with E-state index in [1.807, 2.05) is 0 Å². The normalized spacial score (nSPS) is 40.4. The molecule has 2 aliphatic rings. The van der Waals surface area contributed by atoms with Crippen molar-refractivity contribution in [1.82, 2.24) is 10.2 Å². The largest absolute Gasteiger partial charge is 0.377 e. The van der Waals surface area contributed by atoms with Crippen molar-refractivity contribution in [2.24, 2.45) is 0 Å². The van der Waals surface area contributed by atoms with Gasteiger partial charge in [0.15, 0.2) is 0 Å². The smallest absolute Gasteiger partial charge is 0.0702 e. The van der Waals surface area contributed by atoms with Crippen molar-refractivity contribution in [2.75, 3.05) is 19.7 Å². The molecule has 3 unspecified atom stereocenters. The Balaban J connectivity index is 1.87. The summed E-state index contributed by atoms with van der Waals surface area (Å²) in [5, 5.41) is 3.63. The van der Waals surface area contributed by atoms with E-state index in [-0.39, 0.29) is 0 Å². The number of hydrogen-bond acceptors (Lipinski definition) is 3. The van der Waals surface area contributed by atoms with Crippen LogP contribution in [-0.4, -0.2) is 48.8 Å². The molecule has 3 heteroatoms. The minimum atomic E-state index is 0.481. The summed E-state index contributed by atoms with van der Waals surface area (Å²) in [6.07, 6.45) is 5.62. The second kappa shape index (κ2) is 6.17. The number of piperidine rings is 2. The highest BCUT2D eigenvalue weighted by molar-refractivity contribution is 4.89. The predicted octanol–water partition coefficient (Wildman–Crippen LogP) is 2.02. The topological polar surface area (TPSA) is 24.5 Å². The molecule has 0 aromatic heterocycles. The van der Waals surface area contributed by atoms with Crippen molar-refractivity contribution < 1.29 is 4.74 Å². The molecule has 0 aliphatic carbocycles. The van der Waals surface area contributed by atoms with E-state index in [0.717, 1.165) is 19.2 Å². The number of likely N-dealkylation sites (tertiary alicyclic amines) is 1. The SMILES string of the molecule is CCOC1CCCN(C2CC(C)NC(C)C2)C1. The standard InChI is InChI=1S/C14H28N2O/c1-4-17-14-6-5-7-16(10-14)13-8-11(2)15-12(3)9-13/h11-15H,4-10H2,1-3H3. The van der Waals surface area contributed by atoms with Gasteiger partial charge in [-0.15, -0.1) is 0 Å². The molecular weight excluding hydrogens is 212 g/mol. The van der Waals surface area contributed by atoms with Crippen molar-refractivity contribution in [1.29, 1.82) is 0 Å². The van der Waals surface area contributed by atoms with E-state index in [2.05, 4.69) is 31.0 Å². The van der Waals surface area contributed by atoms with Gasteiger partial charge in [0.05, 0.1) is 6.10 Å². The summed E-state index contributed by atoms with van der Waals surface area (Å²) in [7, 11) is 0. The van der Waals surface area contributed by atoms with Crippen LogP contribution < -0.4 is 5.32 Å². The van der Waals surface area contributed by atoms with Crippen LogP contribution in [0.4, 0.5) is 0 Å². The first kappa shape index (κ1) is 13.3. The molecule has 2 heterocycles. The number of ether oxygens (including phenoxy) is 1. The van der Waals surface area contributed by atoms with Gasteiger partial charge in [0.25, 0.3) is 0 Å². The van der Waals surface area contributed by atoms with Gasteiger partial charge in [0.1, 0.15) is 0 Å². The highest BCUT2D eigenvalue weighted by Crippen LogP contribution is 2.23. The lowest BCUT2D eigenvalue weighted by molar-refractivity contribution is -0.0157. The van der Waals surface area contributed by atoms with Gasteiger partial charge in [-0.05, 0) is 53.0 Å². The minimum Gasteiger partial charge on any atom is -0.377 e. The highest BCUT2D eigenvalue weighted by Gasteiger charge is 2.31. The summed E-state index contributed by atoms with van der Waals surface area (Å²) < 4.78 is 5.80. The Morgan fingerprint density at radius 1 is 1.24 bits per heavy atom. The van der Waals surface area contributed by atoms with E-state index in [4.69, 9.17) is 4.74 Å². The van der Waals surface area contributed by atoms with Crippen LogP contribution in [0.2, 0.25) is 0 Å². The van der Waals surface area contributed by atoms with Crippen molar-refractivity contribution in [3.63, 3.8) is 0 Å². The molecule has 0 radical (unpaired) electrons. The fourth-order valence-electron chi connectivity index (χ4n) is 3.50. The molecule has 17 heavy (non-hydrogen) atoms. The van der Waals surface area contributed by atoms with Crippen LogP contribution in [0.25, 0.3) is 0 Å². The van der Waals surface area contributed by atoms with Crippen molar-refractivity contribution >= 4 is 0 Å². The molecule has 0 aromatic rings. The molecule has 0 saturated carbocycles. The molecule has 1 N–H and O–H groups in total. The monoisotopic (exact) mass is 240 g/mol. The van der Waals surface area contributed by atoms with Crippen LogP contribution >= 0.6 is 0 Å². The average molecular weight is 240 g/mol. The zero-order valence-corrected chi connectivity index (χ0v) is 11.6. The lowest BCUT2D eigenvalue weighted by atomic mass is 9.92. The second-order valence-corrected chi connectivity index (χ2v) is 5.81. The van der Waals surface area contributed by atoms with E-state index in [0.29, 0.717) is 18.2 Å². The lowest BCUT2D eigenvalue weighted by Crippen LogP contribution is -2.53. The molecule has 0 amide bonds. The first-order valence-electron chi connectivity index (χ1n) is 7.30. The maximum atomic E-state index is 5.80. The Morgan fingerprint density at radius 3 is 2.59 bits per heavy atom. The second-order valence-electron chi connectivity index (χ2n) is 5.81. The first-order valence-corrected chi connectivity index (χ1v) is 7.30. The van der Waals surface area contributed by atoms with E-state index in [9.17, 15) is 0 Å². The fourth-order valence-corrected chi connectivity index (χ4v) is 3.50. The molecule has 2 aliphatic heterocycles. The summed E-state index contributed by atoms with van der Waals surface area (Å²) in [6.45, 7) is 10.0. The molecule has 100 valence electrons. The third kappa shape index (κ3) is 3.67. The van der Waals surface area contributed by atoms with Gasteiger partial charge in [0, 0.05) is 31.3 Å². The van der Waals surface area contributed by atoms with Crippen molar-refractivity contribution in [2.45, 2.75) is 70.7 Å². The summed E-state index contributed by atoms with van der Waals surface area (Å²) in [4.78, 5) is 2.68. The Morgan fingerprint density at radius 2 is 1.94 bits per heavy atom. The summed E-state index contributed by atoms with van der Waals surface area (Å²) >= 11 is 0. The zero-order valence-electron chi connectivity index (χ0n) is 11.6. The van der Waals surface area contributed by atoms with Gasteiger partial charge in [0.2, 0.25) is 0 Å². The molecular formula is C14H28N2O. The van der Waals surface area contributed by atoms with Gasteiger partial charge in [-0.3, -0.25) is 4.90 Å². The van der Waals surface area contributed by atoms with Crippen LogP contribution in [0.3, 0.4) is 0 Å². The number of nitrogens with zero attached hydrogens (tertiary/aromatic N) is 1. The van der Waals surface area contributed by atoms with Crippen LogP contribution in [0.15, 0.2) is 0 Å². The van der Waals surface area contributed by atoms with Crippen molar-refractivity contribution in [3.05, 3.63) is 0 Å². The molecule has 2 rings (SSSR count). The van der Waals surface area contributed by atoms with E-state index < -0.39 is 0 Å². The molecule has 3 nitrogen and oxygen atoms in total. The number of hydrogen-bond donors (Lipinski definition) is 1. The summed E-state index contributed by atoms with van der Waals surface area (Å²) in [5.74, 6) is 0. The molecule has 0 spiro atoms. The third-order valence-corrected chi connectivity index (χ3v) is 4.15. The average Bonchev–Trinajstić information content (AvgIpc) is 2.28. The number of rotatable bonds is 3. The molecule has 3 atom stereocenters. The molecule has 2 saturated heterocycles. The molecule has 0 bridgehead atoms. The van der Waals surface area contributed by atoms with E-state index >= 15 is 0 Å². The Bertz CT molecular complexity index is 222. The van der Waals surface area contributed by atoms with Crippen LogP contribution in [0.5, 0.6) is 0 Å². The lowest BCUT2D eigenvalue weighted by Gasteiger charge is -2.43. The fraction of sp³-hybridized carbons (Fsp3) is 1.00. The third-order valence-electron chi connectivity index (χ3n) is 4.15. The van der Waals surface area contributed by atoms with Crippen LogP contribution in [0.1, 0.15) is 46.5 Å². The van der Waals surface area contributed by atoms with E-state index in [1.54, 1.807) is 0 Å². The van der Waals surface area contributed by atoms with Crippen LogP contribution in [-0.2, 0) is 4.74 Å². The van der Waals surface area contributed by atoms with Gasteiger partial charge in [-0.1, -0.05) is 0 Å².